The first-order valence-corrected chi connectivity index (χ1v) is 5.46. The summed E-state index contributed by atoms with van der Waals surface area (Å²) in [5, 5.41) is 9.01. The lowest BCUT2D eigenvalue weighted by Gasteiger charge is -2.32. The first kappa shape index (κ1) is 8.92. The number of thiophene rings is 1. The SMILES string of the molecule is N#CC1(c2ccc(Br)s2)CC(=O)C1. The zero-order chi connectivity index (χ0) is 9.47. The van der Waals surface area contributed by atoms with Crippen molar-refractivity contribution >= 4 is 33.0 Å². The Labute approximate surface area is 88.3 Å². The van der Waals surface area contributed by atoms with Crippen molar-refractivity contribution in [2.24, 2.45) is 0 Å². The Morgan fingerprint density at radius 2 is 2.23 bits per heavy atom. The summed E-state index contributed by atoms with van der Waals surface area (Å²) in [6.45, 7) is 0. The van der Waals surface area contributed by atoms with E-state index in [1.54, 1.807) is 0 Å². The minimum Gasteiger partial charge on any atom is -0.300 e. The van der Waals surface area contributed by atoms with Crippen LogP contribution in [0.3, 0.4) is 0 Å². The fourth-order valence-corrected chi connectivity index (χ4v) is 3.02. The lowest BCUT2D eigenvalue weighted by molar-refractivity contribution is -0.126. The average Bonchev–Trinajstić information content (AvgIpc) is 2.46. The molecule has 2 nitrogen and oxygen atoms in total. The molecule has 0 bridgehead atoms. The summed E-state index contributed by atoms with van der Waals surface area (Å²) in [5.74, 6) is 0.186. The van der Waals surface area contributed by atoms with Crippen molar-refractivity contribution in [2.75, 3.05) is 0 Å². The summed E-state index contributed by atoms with van der Waals surface area (Å²) in [6, 6.07) is 6.08. The number of hydrogen-bond acceptors (Lipinski definition) is 3. The second kappa shape index (κ2) is 2.93. The number of rotatable bonds is 1. The maximum absolute atomic E-state index is 10.9. The number of halogens is 1. The summed E-state index contributed by atoms with van der Waals surface area (Å²) < 4.78 is 1.01. The number of carbonyl (C=O) groups excluding carboxylic acids is 1. The Morgan fingerprint density at radius 1 is 1.54 bits per heavy atom. The van der Waals surface area contributed by atoms with Crippen LogP contribution in [0, 0.1) is 11.3 Å². The van der Waals surface area contributed by atoms with Crippen molar-refractivity contribution in [3.63, 3.8) is 0 Å². The zero-order valence-corrected chi connectivity index (χ0v) is 9.11. The van der Waals surface area contributed by atoms with Crippen molar-refractivity contribution in [1.82, 2.24) is 0 Å². The normalized spacial score (nSPS) is 19.2. The first-order valence-electron chi connectivity index (χ1n) is 3.85. The molecule has 1 aromatic rings. The predicted octanol–water partition coefficient (Wildman–Crippen LogP) is 2.63. The molecule has 1 aliphatic rings. The molecule has 0 radical (unpaired) electrons. The topological polar surface area (TPSA) is 40.9 Å². The van der Waals surface area contributed by atoms with Crippen LogP contribution in [0.5, 0.6) is 0 Å². The van der Waals surface area contributed by atoms with E-state index in [0.29, 0.717) is 12.8 Å². The standard InChI is InChI=1S/C9H6BrNOS/c10-8-2-1-7(13-8)9(5-11)3-6(12)4-9/h1-2H,3-4H2. The van der Waals surface area contributed by atoms with Crippen molar-refractivity contribution in [1.29, 1.82) is 5.26 Å². The van der Waals surface area contributed by atoms with Gasteiger partial charge < -0.3 is 0 Å². The molecule has 1 saturated carbocycles. The van der Waals surface area contributed by atoms with Gasteiger partial charge in [0.05, 0.1) is 9.86 Å². The molecule has 0 N–H and O–H groups in total. The molecule has 66 valence electrons. The third kappa shape index (κ3) is 1.32. The van der Waals surface area contributed by atoms with Crippen LogP contribution in [0.15, 0.2) is 15.9 Å². The van der Waals surface area contributed by atoms with Gasteiger partial charge in [0.15, 0.2) is 0 Å². The van der Waals surface area contributed by atoms with E-state index < -0.39 is 5.41 Å². The molecule has 0 spiro atoms. The summed E-state index contributed by atoms with van der Waals surface area (Å²) in [5.41, 5.74) is -0.506. The highest BCUT2D eigenvalue weighted by Gasteiger charge is 2.46. The van der Waals surface area contributed by atoms with Gasteiger partial charge in [0.25, 0.3) is 0 Å². The quantitative estimate of drug-likeness (QED) is 0.774. The molecule has 1 heterocycles. The van der Waals surface area contributed by atoms with E-state index >= 15 is 0 Å². The third-order valence-corrected chi connectivity index (χ3v) is 4.08. The van der Waals surface area contributed by atoms with Gasteiger partial charge in [-0.2, -0.15) is 5.26 Å². The fraction of sp³-hybridized carbons (Fsp3) is 0.333. The maximum Gasteiger partial charge on any atom is 0.136 e. The number of nitrogens with zero attached hydrogens (tertiary/aromatic N) is 1. The second-order valence-electron chi connectivity index (χ2n) is 3.19. The molecule has 4 heteroatoms. The molecule has 1 aromatic heterocycles. The number of ketones is 1. The summed E-state index contributed by atoms with van der Waals surface area (Å²) in [6.07, 6.45) is 0.771. The average molecular weight is 256 g/mol. The van der Waals surface area contributed by atoms with Crippen LogP contribution in [0.2, 0.25) is 0 Å². The number of nitriles is 1. The Bertz CT molecular complexity index is 396. The van der Waals surface area contributed by atoms with Gasteiger partial charge in [-0.1, -0.05) is 0 Å². The van der Waals surface area contributed by atoms with Crippen molar-refractivity contribution in [2.45, 2.75) is 18.3 Å². The van der Waals surface area contributed by atoms with Crippen LogP contribution in [-0.2, 0) is 10.2 Å². The van der Waals surface area contributed by atoms with Crippen molar-refractivity contribution in [3.8, 4) is 6.07 Å². The molecule has 1 fully saturated rings. The molecule has 2 rings (SSSR count). The summed E-state index contributed by atoms with van der Waals surface area (Å²) in [7, 11) is 0. The van der Waals surface area contributed by atoms with Crippen LogP contribution < -0.4 is 0 Å². The molecule has 1 aliphatic carbocycles. The van der Waals surface area contributed by atoms with Gasteiger partial charge in [-0.05, 0) is 28.1 Å². The monoisotopic (exact) mass is 255 g/mol. The Balaban J connectivity index is 2.35. The van der Waals surface area contributed by atoms with Crippen molar-refractivity contribution < 1.29 is 4.79 Å². The molecule has 0 unspecified atom stereocenters. The molecular formula is C9H6BrNOS. The van der Waals surface area contributed by atoms with Crippen LogP contribution in [0.1, 0.15) is 17.7 Å². The largest absolute Gasteiger partial charge is 0.300 e. The number of Topliss-reactive ketones (excluding diaryl/α,β-unsaturated/α-hetero) is 1. The minimum absolute atomic E-state index is 0.186. The highest BCUT2D eigenvalue weighted by molar-refractivity contribution is 9.11. The van der Waals surface area contributed by atoms with Crippen LogP contribution >= 0.6 is 27.3 Å². The van der Waals surface area contributed by atoms with Gasteiger partial charge in [-0.3, -0.25) is 4.79 Å². The summed E-state index contributed by atoms with van der Waals surface area (Å²) >= 11 is 4.89. The molecule has 0 saturated heterocycles. The van der Waals surface area contributed by atoms with Crippen LogP contribution in [0.25, 0.3) is 0 Å². The van der Waals surface area contributed by atoms with E-state index in [-0.39, 0.29) is 5.78 Å². The molecule has 13 heavy (non-hydrogen) atoms. The van der Waals surface area contributed by atoms with Crippen LogP contribution in [-0.4, -0.2) is 5.78 Å². The van der Waals surface area contributed by atoms with Gasteiger partial charge in [0.2, 0.25) is 0 Å². The molecule has 0 amide bonds. The predicted molar refractivity (Wildman–Crippen MR) is 53.6 cm³/mol. The van der Waals surface area contributed by atoms with E-state index in [9.17, 15) is 4.79 Å². The van der Waals surface area contributed by atoms with E-state index in [1.807, 2.05) is 12.1 Å². The lowest BCUT2D eigenvalue weighted by atomic mass is 9.68. The van der Waals surface area contributed by atoms with E-state index in [1.165, 1.54) is 11.3 Å². The van der Waals surface area contributed by atoms with E-state index in [0.717, 1.165) is 8.66 Å². The number of hydrogen-bond donors (Lipinski definition) is 0. The smallest absolute Gasteiger partial charge is 0.136 e. The lowest BCUT2D eigenvalue weighted by Crippen LogP contribution is -2.39. The van der Waals surface area contributed by atoms with Gasteiger partial charge >= 0.3 is 0 Å². The Hall–Kier alpha value is -0.660. The van der Waals surface area contributed by atoms with Crippen molar-refractivity contribution in [3.05, 3.63) is 20.8 Å². The number of carbonyl (C=O) groups is 1. The first-order chi connectivity index (χ1) is 6.16. The molecule has 0 aromatic carbocycles. The Morgan fingerprint density at radius 3 is 2.62 bits per heavy atom. The Kier molecular flexibility index (Phi) is 2.01. The molecule has 0 aliphatic heterocycles. The highest BCUT2D eigenvalue weighted by Crippen LogP contribution is 2.44. The molecular weight excluding hydrogens is 250 g/mol. The van der Waals surface area contributed by atoms with Gasteiger partial charge in [-0.15, -0.1) is 11.3 Å². The third-order valence-electron chi connectivity index (χ3n) is 2.26. The van der Waals surface area contributed by atoms with E-state index in [2.05, 4.69) is 22.0 Å². The van der Waals surface area contributed by atoms with Gasteiger partial charge in [-0.25, -0.2) is 0 Å². The highest BCUT2D eigenvalue weighted by atomic mass is 79.9. The summed E-state index contributed by atoms with van der Waals surface area (Å²) in [4.78, 5) is 11.9. The van der Waals surface area contributed by atoms with Gasteiger partial charge in [0.1, 0.15) is 11.2 Å². The van der Waals surface area contributed by atoms with Gasteiger partial charge in [0, 0.05) is 17.7 Å². The van der Waals surface area contributed by atoms with Crippen LogP contribution in [0.4, 0.5) is 0 Å². The second-order valence-corrected chi connectivity index (χ2v) is 5.65. The van der Waals surface area contributed by atoms with E-state index in [4.69, 9.17) is 5.26 Å². The maximum atomic E-state index is 10.9. The molecule has 0 atom stereocenters. The minimum atomic E-state index is -0.506. The zero-order valence-electron chi connectivity index (χ0n) is 6.71. The fourth-order valence-electron chi connectivity index (χ4n) is 1.50.